The van der Waals surface area contributed by atoms with Gasteiger partial charge in [0.25, 0.3) is 0 Å². The van der Waals surface area contributed by atoms with Crippen molar-refractivity contribution >= 4 is 24.3 Å². The van der Waals surface area contributed by atoms with E-state index < -0.39 is 5.97 Å². The number of rotatable bonds is 7. The molecule has 6 heteroatoms. The summed E-state index contributed by atoms with van der Waals surface area (Å²) in [6, 6.07) is 0. The fourth-order valence-corrected chi connectivity index (χ4v) is 2.63. The first kappa shape index (κ1) is 19.2. The second-order valence-corrected chi connectivity index (χ2v) is 5.86. The summed E-state index contributed by atoms with van der Waals surface area (Å²) in [5, 5.41) is 15.1. The van der Waals surface area contributed by atoms with Crippen LogP contribution in [0.4, 0.5) is 0 Å². The molecule has 3 N–H and O–H groups in total. The molecule has 1 aliphatic rings. The highest BCUT2D eigenvalue weighted by Crippen LogP contribution is 2.16. The van der Waals surface area contributed by atoms with Gasteiger partial charge in [0.2, 0.25) is 5.91 Å². The smallest absolute Gasteiger partial charge is 0.303 e. The van der Waals surface area contributed by atoms with Crippen molar-refractivity contribution in [2.24, 2.45) is 17.8 Å². The molecule has 0 aromatic heterocycles. The normalized spacial score (nSPS) is 17.4. The van der Waals surface area contributed by atoms with Crippen molar-refractivity contribution in [1.29, 1.82) is 0 Å². The van der Waals surface area contributed by atoms with Gasteiger partial charge in [-0.15, -0.1) is 12.4 Å². The molecule has 0 aromatic rings. The van der Waals surface area contributed by atoms with E-state index in [0.717, 1.165) is 32.4 Å². The van der Waals surface area contributed by atoms with E-state index in [2.05, 4.69) is 24.5 Å². The molecule has 0 bridgehead atoms. The second kappa shape index (κ2) is 10.00. The molecule has 0 spiro atoms. The first-order valence-corrected chi connectivity index (χ1v) is 7.19. The minimum Gasteiger partial charge on any atom is -0.481 e. The van der Waals surface area contributed by atoms with Crippen molar-refractivity contribution in [2.75, 3.05) is 19.6 Å². The molecule has 5 nitrogen and oxygen atoms in total. The highest BCUT2D eigenvalue weighted by Gasteiger charge is 2.22. The van der Waals surface area contributed by atoms with Crippen molar-refractivity contribution in [3.63, 3.8) is 0 Å². The minimum absolute atomic E-state index is 0. The number of carboxylic acids is 1. The van der Waals surface area contributed by atoms with Crippen LogP contribution in [0.25, 0.3) is 0 Å². The number of carbonyl (C=O) groups excluding carboxylic acids is 1. The SMILES string of the molecule is CC(C)C[C@H](CNC(=O)C1CCNCC1)CC(=O)O.Cl. The average molecular weight is 307 g/mol. The molecule has 1 atom stereocenters. The average Bonchev–Trinajstić information content (AvgIpc) is 2.35. The van der Waals surface area contributed by atoms with Gasteiger partial charge in [0.05, 0.1) is 0 Å². The lowest BCUT2D eigenvalue weighted by Gasteiger charge is -2.23. The summed E-state index contributed by atoms with van der Waals surface area (Å²) in [6.45, 7) is 6.41. The molecule has 0 unspecified atom stereocenters. The van der Waals surface area contributed by atoms with Crippen LogP contribution < -0.4 is 10.6 Å². The fourth-order valence-electron chi connectivity index (χ4n) is 2.63. The lowest BCUT2D eigenvalue weighted by Crippen LogP contribution is -2.40. The van der Waals surface area contributed by atoms with Crippen LogP contribution in [0.15, 0.2) is 0 Å². The summed E-state index contributed by atoms with van der Waals surface area (Å²) in [7, 11) is 0. The number of hydrogen-bond donors (Lipinski definition) is 3. The molecule has 1 amide bonds. The predicted molar refractivity (Wildman–Crippen MR) is 81.0 cm³/mol. The van der Waals surface area contributed by atoms with Crippen molar-refractivity contribution in [1.82, 2.24) is 10.6 Å². The van der Waals surface area contributed by atoms with Crippen LogP contribution in [0, 0.1) is 17.8 Å². The second-order valence-electron chi connectivity index (χ2n) is 5.86. The number of halogens is 1. The number of amides is 1. The van der Waals surface area contributed by atoms with Crippen molar-refractivity contribution in [2.45, 2.75) is 39.5 Å². The highest BCUT2D eigenvalue weighted by atomic mass is 35.5. The molecular formula is C14H27ClN2O3. The monoisotopic (exact) mass is 306 g/mol. The lowest BCUT2D eigenvalue weighted by atomic mass is 9.93. The third kappa shape index (κ3) is 7.70. The molecule has 0 saturated carbocycles. The lowest BCUT2D eigenvalue weighted by molar-refractivity contribution is -0.138. The Morgan fingerprint density at radius 3 is 2.40 bits per heavy atom. The Hall–Kier alpha value is -0.810. The molecule has 1 aliphatic heterocycles. The molecular weight excluding hydrogens is 280 g/mol. The summed E-state index contributed by atoms with van der Waals surface area (Å²) < 4.78 is 0. The minimum atomic E-state index is -0.790. The van der Waals surface area contributed by atoms with Gasteiger partial charge in [-0.2, -0.15) is 0 Å². The molecule has 1 rings (SSSR count). The third-order valence-electron chi connectivity index (χ3n) is 3.54. The largest absolute Gasteiger partial charge is 0.481 e. The van der Waals surface area contributed by atoms with Crippen molar-refractivity contribution in [3.05, 3.63) is 0 Å². The van der Waals surface area contributed by atoms with Crippen LogP contribution in [-0.2, 0) is 9.59 Å². The molecule has 1 heterocycles. The van der Waals surface area contributed by atoms with Gasteiger partial charge in [0, 0.05) is 18.9 Å². The van der Waals surface area contributed by atoms with Crippen LogP contribution in [0.3, 0.4) is 0 Å². The zero-order chi connectivity index (χ0) is 14.3. The Bertz CT molecular complexity index is 305. The molecule has 1 fully saturated rings. The number of aliphatic carboxylic acids is 1. The topological polar surface area (TPSA) is 78.4 Å². The van der Waals surface area contributed by atoms with Crippen LogP contribution in [-0.4, -0.2) is 36.6 Å². The van der Waals surface area contributed by atoms with Gasteiger partial charge in [-0.25, -0.2) is 0 Å². The van der Waals surface area contributed by atoms with Gasteiger partial charge in [-0.05, 0) is 44.2 Å². The third-order valence-corrected chi connectivity index (χ3v) is 3.54. The first-order valence-electron chi connectivity index (χ1n) is 7.19. The maximum atomic E-state index is 12.0. The zero-order valence-corrected chi connectivity index (χ0v) is 13.2. The van der Waals surface area contributed by atoms with Crippen LogP contribution >= 0.6 is 12.4 Å². The molecule has 118 valence electrons. The number of piperidine rings is 1. The van der Waals surface area contributed by atoms with E-state index >= 15 is 0 Å². The number of hydrogen-bond acceptors (Lipinski definition) is 3. The van der Waals surface area contributed by atoms with E-state index in [1.807, 2.05) is 0 Å². The Labute approximate surface area is 127 Å². The summed E-state index contributed by atoms with van der Waals surface area (Å²) in [5.74, 6) is -0.142. The Morgan fingerprint density at radius 1 is 1.30 bits per heavy atom. The van der Waals surface area contributed by atoms with Gasteiger partial charge >= 0.3 is 5.97 Å². The van der Waals surface area contributed by atoms with E-state index in [1.165, 1.54) is 0 Å². The van der Waals surface area contributed by atoms with E-state index in [1.54, 1.807) is 0 Å². The summed E-state index contributed by atoms with van der Waals surface area (Å²) in [5.41, 5.74) is 0. The summed E-state index contributed by atoms with van der Waals surface area (Å²) in [4.78, 5) is 22.8. The Balaban J connectivity index is 0.00000361. The van der Waals surface area contributed by atoms with Gasteiger partial charge in [-0.3, -0.25) is 9.59 Å². The summed E-state index contributed by atoms with van der Waals surface area (Å²) >= 11 is 0. The number of carbonyl (C=O) groups is 2. The molecule has 1 saturated heterocycles. The van der Waals surface area contributed by atoms with Crippen LogP contribution in [0.2, 0.25) is 0 Å². The maximum absolute atomic E-state index is 12.0. The van der Waals surface area contributed by atoms with Crippen LogP contribution in [0.5, 0.6) is 0 Å². The standard InChI is InChI=1S/C14H26N2O3.ClH/c1-10(2)7-11(8-13(17)18)9-16-14(19)12-3-5-15-6-4-12;/h10-12,15H,3-9H2,1-2H3,(H,16,19)(H,17,18);1H/t11-;/m0./s1. The van der Waals surface area contributed by atoms with Gasteiger partial charge < -0.3 is 15.7 Å². The maximum Gasteiger partial charge on any atom is 0.303 e. The van der Waals surface area contributed by atoms with E-state index in [-0.39, 0.29) is 36.6 Å². The number of nitrogens with one attached hydrogen (secondary N) is 2. The van der Waals surface area contributed by atoms with Crippen LogP contribution in [0.1, 0.15) is 39.5 Å². The van der Waals surface area contributed by atoms with Crippen molar-refractivity contribution in [3.8, 4) is 0 Å². The molecule has 20 heavy (non-hydrogen) atoms. The van der Waals surface area contributed by atoms with Gasteiger partial charge in [-0.1, -0.05) is 13.8 Å². The molecule has 0 aromatic carbocycles. The van der Waals surface area contributed by atoms with E-state index in [9.17, 15) is 9.59 Å². The summed E-state index contributed by atoms with van der Waals surface area (Å²) in [6.07, 6.45) is 2.71. The highest BCUT2D eigenvalue weighted by molar-refractivity contribution is 5.85. The van der Waals surface area contributed by atoms with E-state index in [0.29, 0.717) is 12.5 Å². The fraction of sp³-hybridized carbons (Fsp3) is 0.857. The molecule has 0 aliphatic carbocycles. The Morgan fingerprint density at radius 2 is 1.90 bits per heavy atom. The predicted octanol–water partition coefficient (Wildman–Crippen LogP) is 1.66. The quantitative estimate of drug-likeness (QED) is 0.668. The number of carboxylic acid groups (broad SMARTS) is 1. The molecule has 0 radical (unpaired) electrons. The van der Waals surface area contributed by atoms with E-state index in [4.69, 9.17) is 5.11 Å². The Kier molecular flexibility index (Phi) is 9.59. The van der Waals surface area contributed by atoms with Gasteiger partial charge in [0.1, 0.15) is 0 Å². The van der Waals surface area contributed by atoms with Crippen molar-refractivity contribution < 1.29 is 14.7 Å². The van der Waals surface area contributed by atoms with Gasteiger partial charge in [0.15, 0.2) is 0 Å². The zero-order valence-electron chi connectivity index (χ0n) is 12.4. The first-order chi connectivity index (χ1) is 8.99.